The average molecular weight is 403 g/mol. The summed E-state index contributed by atoms with van der Waals surface area (Å²) < 4.78 is 6.22. The van der Waals surface area contributed by atoms with Crippen molar-refractivity contribution in [3.05, 3.63) is 89.0 Å². The van der Waals surface area contributed by atoms with E-state index >= 15 is 0 Å². The van der Waals surface area contributed by atoms with Gasteiger partial charge in [0.1, 0.15) is 5.75 Å². The number of rotatable bonds is 6. The van der Waals surface area contributed by atoms with Gasteiger partial charge >= 0.3 is 0 Å². The third-order valence-corrected chi connectivity index (χ3v) is 5.75. The number of hydrogen-bond acceptors (Lipinski definition) is 4. The lowest BCUT2D eigenvalue weighted by atomic mass is 10.0. The lowest BCUT2D eigenvalue weighted by Crippen LogP contribution is -2.11. The fourth-order valence-corrected chi connectivity index (χ4v) is 4.12. The Morgan fingerprint density at radius 2 is 1.79 bits per heavy atom. The van der Waals surface area contributed by atoms with Crippen LogP contribution in [0.15, 0.2) is 66.7 Å². The summed E-state index contributed by atoms with van der Waals surface area (Å²) in [5, 5.41) is 3.48. The third-order valence-electron chi connectivity index (χ3n) is 4.82. The minimum absolute atomic E-state index is 0.152. The molecule has 0 saturated carbocycles. The Hall–Kier alpha value is -3.18. The number of nitrogens with one attached hydrogen (secondary N) is 1. The third kappa shape index (κ3) is 4.63. The van der Waals surface area contributed by atoms with E-state index in [9.17, 15) is 4.79 Å². The van der Waals surface area contributed by atoms with Crippen LogP contribution < -0.4 is 10.1 Å². The Labute approximate surface area is 174 Å². The van der Waals surface area contributed by atoms with Gasteiger partial charge in [0, 0.05) is 5.56 Å². The molecule has 1 N–H and O–H groups in total. The predicted molar refractivity (Wildman–Crippen MR) is 119 cm³/mol. The fraction of sp³-hybridized carbons (Fsp3) is 0.167. The van der Waals surface area contributed by atoms with Crippen LogP contribution in [0.4, 0.5) is 5.13 Å². The first-order valence-corrected chi connectivity index (χ1v) is 10.3. The molecule has 4 aromatic rings. The van der Waals surface area contributed by atoms with Crippen LogP contribution in [0.2, 0.25) is 0 Å². The molecular formula is C24H22N2O2S. The molecule has 5 heteroatoms. The van der Waals surface area contributed by atoms with Gasteiger partial charge in [-0.3, -0.25) is 10.1 Å². The number of methoxy groups -OCH3 is 1. The maximum absolute atomic E-state index is 12.6. The fourth-order valence-electron chi connectivity index (χ4n) is 3.23. The minimum atomic E-state index is -0.152. The number of nitrogens with zero attached hydrogens (tertiary/aromatic N) is 1. The second-order valence-electron chi connectivity index (χ2n) is 6.99. The van der Waals surface area contributed by atoms with E-state index in [1.54, 1.807) is 7.11 Å². The second kappa shape index (κ2) is 8.45. The van der Waals surface area contributed by atoms with Gasteiger partial charge in [-0.25, -0.2) is 4.98 Å². The van der Waals surface area contributed by atoms with Gasteiger partial charge in [-0.1, -0.05) is 53.3 Å². The number of carbonyl (C=O) groups is 1. The Bertz CT molecular complexity index is 1150. The molecule has 1 heterocycles. The van der Waals surface area contributed by atoms with Gasteiger partial charge in [-0.05, 0) is 61.2 Å². The van der Waals surface area contributed by atoms with E-state index in [2.05, 4.69) is 41.5 Å². The van der Waals surface area contributed by atoms with Gasteiger partial charge < -0.3 is 4.74 Å². The number of fused-ring (bicyclic) bond motifs is 1. The summed E-state index contributed by atoms with van der Waals surface area (Å²) in [5.74, 6) is 0.626. The largest absolute Gasteiger partial charge is 0.497 e. The Morgan fingerprint density at radius 3 is 2.55 bits per heavy atom. The van der Waals surface area contributed by atoms with Gasteiger partial charge in [0.25, 0.3) is 5.91 Å². The number of aryl methyl sites for hydroxylation is 3. The number of hydrogen-bond donors (Lipinski definition) is 1. The van der Waals surface area contributed by atoms with Crippen molar-refractivity contribution in [1.82, 2.24) is 4.98 Å². The van der Waals surface area contributed by atoms with E-state index in [4.69, 9.17) is 4.74 Å². The molecule has 0 aliphatic carbocycles. The maximum Gasteiger partial charge on any atom is 0.257 e. The summed E-state index contributed by atoms with van der Waals surface area (Å²) in [4.78, 5) is 17.0. The molecule has 1 amide bonds. The zero-order chi connectivity index (χ0) is 20.2. The highest BCUT2D eigenvalue weighted by Gasteiger charge is 2.10. The Kier molecular flexibility index (Phi) is 5.58. The van der Waals surface area contributed by atoms with Crippen LogP contribution in [-0.4, -0.2) is 18.0 Å². The first-order chi connectivity index (χ1) is 14.1. The SMILES string of the molecule is COc1ccc2nc(NC(=O)c3ccc(CCc4cccc(C)c4)cc3)sc2c1. The zero-order valence-corrected chi connectivity index (χ0v) is 17.3. The van der Waals surface area contributed by atoms with E-state index < -0.39 is 0 Å². The highest BCUT2D eigenvalue weighted by atomic mass is 32.1. The molecule has 0 fully saturated rings. The molecule has 29 heavy (non-hydrogen) atoms. The number of thiazole rings is 1. The van der Waals surface area contributed by atoms with Gasteiger partial charge in [0.05, 0.1) is 17.3 Å². The van der Waals surface area contributed by atoms with Crippen molar-refractivity contribution in [2.24, 2.45) is 0 Å². The van der Waals surface area contributed by atoms with Crippen LogP contribution in [0.5, 0.6) is 5.75 Å². The number of benzene rings is 3. The smallest absolute Gasteiger partial charge is 0.257 e. The van der Waals surface area contributed by atoms with Crippen LogP contribution in [-0.2, 0) is 12.8 Å². The molecule has 4 rings (SSSR count). The molecule has 0 saturated heterocycles. The molecule has 0 unspecified atom stereocenters. The summed E-state index contributed by atoms with van der Waals surface area (Å²) in [6.45, 7) is 2.11. The van der Waals surface area contributed by atoms with E-state index in [-0.39, 0.29) is 5.91 Å². The number of carbonyl (C=O) groups excluding carboxylic acids is 1. The topological polar surface area (TPSA) is 51.2 Å². The van der Waals surface area contributed by atoms with Crippen molar-refractivity contribution in [3.63, 3.8) is 0 Å². The van der Waals surface area contributed by atoms with Crippen molar-refractivity contribution in [2.75, 3.05) is 12.4 Å². The number of anilines is 1. The molecule has 0 radical (unpaired) electrons. The molecule has 146 valence electrons. The van der Waals surface area contributed by atoms with Gasteiger partial charge in [-0.15, -0.1) is 0 Å². The van der Waals surface area contributed by atoms with Gasteiger partial charge in [-0.2, -0.15) is 0 Å². The van der Waals surface area contributed by atoms with Crippen molar-refractivity contribution >= 4 is 32.6 Å². The van der Waals surface area contributed by atoms with Gasteiger partial charge in [0.2, 0.25) is 0 Å². The number of ether oxygens (including phenoxy) is 1. The van der Waals surface area contributed by atoms with Crippen molar-refractivity contribution in [3.8, 4) is 5.75 Å². The lowest BCUT2D eigenvalue weighted by Gasteiger charge is -2.05. The highest BCUT2D eigenvalue weighted by Crippen LogP contribution is 2.29. The minimum Gasteiger partial charge on any atom is -0.497 e. The number of aromatic nitrogens is 1. The average Bonchev–Trinajstić information content (AvgIpc) is 3.14. The standard InChI is InChI=1S/C24H22N2O2S/c1-16-4-3-5-18(14-16)7-6-17-8-10-19(11-9-17)23(27)26-24-25-21-13-12-20(28-2)15-22(21)29-24/h3-5,8-15H,6-7H2,1-2H3,(H,25,26,27). The van der Waals surface area contributed by atoms with E-state index in [1.807, 2.05) is 42.5 Å². The van der Waals surface area contributed by atoms with Crippen LogP contribution in [0.1, 0.15) is 27.0 Å². The Morgan fingerprint density at radius 1 is 1.00 bits per heavy atom. The van der Waals surface area contributed by atoms with Crippen LogP contribution in [0.25, 0.3) is 10.2 Å². The van der Waals surface area contributed by atoms with Crippen molar-refractivity contribution in [1.29, 1.82) is 0 Å². The summed E-state index contributed by atoms with van der Waals surface area (Å²) in [6.07, 6.45) is 1.94. The van der Waals surface area contributed by atoms with E-state index in [1.165, 1.54) is 28.0 Å². The monoisotopic (exact) mass is 402 g/mol. The lowest BCUT2D eigenvalue weighted by molar-refractivity contribution is 0.102. The van der Waals surface area contributed by atoms with Gasteiger partial charge in [0.15, 0.2) is 5.13 Å². The summed E-state index contributed by atoms with van der Waals surface area (Å²) in [6, 6.07) is 22.0. The second-order valence-corrected chi connectivity index (χ2v) is 8.02. The van der Waals surface area contributed by atoms with Crippen LogP contribution >= 0.6 is 11.3 Å². The molecular weight excluding hydrogens is 380 g/mol. The summed E-state index contributed by atoms with van der Waals surface area (Å²) >= 11 is 1.44. The number of amides is 1. The first kappa shape index (κ1) is 19.2. The van der Waals surface area contributed by atoms with Crippen molar-refractivity contribution < 1.29 is 9.53 Å². The quantitative estimate of drug-likeness (QED) is 0.453. The highest BCUT2D eigenvalue weighted by molar-refractivity contribution is 7.22. The molecule has 4 nitrogen and oxygen atoms in total. The molecule has 0 aliphatic heterocycles. The van der Waals surface area contributed by atoms with Crippen LogP contribution in [0.3, 0.4) is 0 Å². The molecule has 3 aromatic carbocycles. The van der Waals surface area contributed by atoms with Crippen LogP contribution in [0, 0.1) is 6.92 Å². The maximum atomic E-state index is 12.6. The molecule has 0 bridgehead atoms. The van der Waals surface area contributed by atoms with Crippen molar-refractivity contribution in [2.45, 2.75) is 19.8 Å². The summed E-state index contributed by atoms with van der Waals surface area (Å²) in [5.41, 5.74) is 5.30. The molecule has 1 aromatic heterocycles. The molecule has 0 spiro atoms. The molecule has 0 atom stereocenters. The predicted octanol–water partition coefficient (Wildman–Crippen LogP) is 5.65. The first-order valence-electron chi connectivity index (χ1n) is 9.51. The Balaban J connectivity index is 1.40. The normalized spacial score (nSPS) is 10.8. The zero-order valence-electron chi connectivity index (χ0n) is 16.4. The van der Waals surface area contributed by atoms with E-state index in [0.29, 0.717) is 10.7 Å². The molecule has 0 aliphatic rings. The summed E-state index contributed by atoms with van der Waals surface area (Å²) in [7, 11) is 1.63. The van der Waals surface area contributed by atoms with E-state index in [0.717, 1.165) is 28.8 Å².